The van der Waals surface area contributed by atoms with Crippen molar-refractivity contribution >= 4 is 46.0 Å². The van der Waals surface area contributed by atoms with Crippen LogP contribution in [0.15, 0.2) is 65.7 Å². The third-order valence-corrected chi connectivity index (χ3v) is 5.62. The van der Waals surface area contributed by atoms with Crippen molar-refractivity contribution < 1.29 is 22.7 Å². The molecule has 0 radical (unpaired) electrons. The molecule has 0 saturated heterocycles. The van der Waals surface area contributed by atoms with Gasteiger partial charge in [0.25, 0.3) is 10.0 Å². The first-order chi connectivity index (χ1) is 14.9. The van der Waals surface area contributed by atoms with Crippen molar-refractivity contribution in [1.82, 2.24) is 9.97 Å². The number of aromatic nitrogens is 2. The maximum atomic E-state index is 12.5. The summed E-state index contributed by atoms with van der Waals surface area (Å²) in [7, 11) is -3.85. The molecule has 2 heterocycles. The molecule has 1 aliphatic rings. The van der Waals surface area contributed by atoms with Crippen LogP contribution in [0.25, 0.3) is 6.08 Å². The van der Waals surface area contributed by atoms with Gasteiger partial charge in [0.05, 0.1) is 4.90 Å². The van der Waals surface area contributed by atoms with E-state index in [4.69, 9.17) is 9.47 Å². The van der Waals surface area contributed by atoms with E-state index in [9.17, 15) is 13.2 Å². The summed E-state index contributed by atoms with van der Waals surface area (Å²) in [5.74, 6) is 0.926. The molecule has 2 N–H and O–H groups in total. The summed E-state index contributed by atoms with van der Waals surface area (Å²) in [6.07, 6.45) is 4.48. The Morgan fingerprint density at radius 1 is 1.06 bits per heavy atom. The van der Waals surface area contributed by atoms with E-state index in [1.165, 1.54) is 36.5 Å². The number of hydrogen-bond donors (Lipinski definition) is 2. The Balaban J connectivity index is 0.00000289. The van der Waals surface area contributed by atoms with E-state index in [0.29, 0.717) is 22.9 Å². The summed E-state index contributed by atoms with van der Waals surface area (Å²) in [4.78, 5) is 20.1. The monoisotopic (exact) mass is 474 g/mol. The first-order valence-corrected chi connectivity index (χ1v) is 10.7. The van der Waals surface area contributed by atoms with Crippen LogP contribution < -0.4 is 19.5 Å². The fourth-order valence-corrected chi connectivity index (χ4v) is 3.72. The topological polar surface area (TPSA) is 120 Å². The van der Waals surface area contributed by atoms with Crippen LogP contribution in [0.1, 0.15) is 11.3 Å². The smallest absolute Gasteiger partial charge is 0.264 e. The van der Waals surface area contributed by atoms with Crippen molar-refractivity contribution in [3.8, 4) is 11.5 Å². The second kappa shape index (κ2) is 9.67. The Morgan fingerprint density at radius 2 is 1.81 bits per heavy atom. The molecular formula is C21H19ClN4O5S. The molecule has 0 saturated carbocycles. The van der Waals surface area contributed by atoms with E-state index in [0.717, 1.165) is 5.56 Å². The van der Waals surface area contributed by atoms with Crippen LogP contribution in [0.5, 0.6) is 11.5 Å². The van der Waals surface area contributed by atoms with Crippen LogP contribution in [0.4, 0.5) is 11.6 Å². The van der Waals surface area contributed by atoms with Gasteiger partial charge < -0.3 is 14.8 Å². The molecular weight excluding hydrogens is 456 g/mol. The molecule has 32 heavy (non-hydrogen) atoms. The van der Waals surface area contributed by atoms with Gasteiger partial charge in [0.1, 0.15) is 0 Å². The molecule has 0 atom stereocenters. The molecule has 9 nitrogen and oxygen atoms in total. The third kappa shape index (κ3) is 5.54. The molecule has 1 amide bonds. The average Bonchev–Trinajstić information content (AvgIpc) is 3.20. The van der Waals surface area contributed by atoms with Crippen molar-refractivity contribution in [2.45, 2.75) is 11.8 Å². The zero-order chi connectivity index (χ0) is 21.8. The molecule has 0 bridgehead atoms. The lowest BCUT2D eigenvalue weighted by Gasteiger charge is -2.08. The van der Waals surface area contributed by atoms with Crippen molar-refractivity contribution in [1.29, 1.82) is 0 Å². The number of carbonyl (C=O) groups is 1. The molecule has 4 rings (SSSR count). The molecule has 2 aromatic carbocycles. The maximum Gasteiger partial charge on any atom is 0.264 e. The number of aryl methyl sites for hydroxylation is 1. The molecule has 0 spiro atoms. The first kappa shape index (κ1) is 23.0. The number of benzene rings is 2. The number of halogens is 1. The van der Waals surface area contributed by atoms with E-state index < -0.39 is 10.0 Å². The van der Waals surface area contributed by atoms with Crippen molar-refractivity contribution in [3.05, 3.63) is 72.1 Å². The number of hydrogen-bond acceptors (Lipinski definition) is 7. The van der Waals surface area contributed by atoms with Gasteiger partial charge in [-0.1, -0.05) is 6.07 Å². The highest BCUT2D eigenvalue weighted by Gasteiger charge is 2.16. The van der Waals surface area contributed by atoms with Gasteiger partial charge in [0.2, 0.25) is 18.6 Å². The van der Waals surface area contributed by atoms with E-state index >= 15 is 0 Å². The van der Waals surface area contributed by atoms with Crippen LogP contribution in [-0.2, 0) is 14.8 Å². The second-order valence-corrected chi connectivity index (χ2v) is 8.27. The Morgan fingerprint density at radius 3 is 2.56 bits per heavy atom. The van der Waals surface area contributed by atoms with E-state index in [1.807, 2.05) is 6.07 Å². The van der Waals surface area contributed by atoms with Crippen LogP contribution >= 0.6 is 12.4 Å². The number of amides is 1. The van der Waals surface area contributed by atoms with Gasteiger partial charge in [-0.05, 0) is 61.0 Å². The van der Waals surface area contributed by atoms with Gasteiger partial charge >= 0.3 is 0 Å². The number of carbonyl (C=O) groups excluding carboxylic acids is 1. The normalized spacial score (nSPS) is 12.3. The summed E-state index contributed by atoms with van der Waals surface area (Å²) >= 11 is 0. The molecule has 1 aromatic heterocycles. The van der Waals surface area contributed by atoms with Crippen LogP contribution in [0.3, 0.4) is 0 Å². The number of anilines is 2. The van der Waals surface area contributed by atoms with E-state index in [1.54, 1.807) is 31.2 Å². The number of rotatable bonds is 6. The minimum Gasteiger partial charge on any atom is -0.454 e. The van der Waals surface area contributed by atoms with Crippen molar-refractivity contribution in [2.24, 2.45) is 0 Å². The Hall–Kier alpha value is -3.63. The van der Waals surface area contributed by atoms with Gasteiger partial charge in [-0.15, -0.1) is 12.4 Å². The number of sulfonamides is 1. The lowest BCUT2D eigenvalue weighted by Crippen LogP contribution is -2.15. The summed E-state index contributed by atoms with van der Waals surface area (Å²) in [6, 6.07) is 12.8. The lowest BCUT2D eigenvalue weighted by atomic mass is 10.2. The number of nitrogens with one attached hydrogen (secondary N) is 2. The maximum absolute atomic E-state index is 12.5. The Bertz CT molecular complexity index is 1260. The minimum absolute atomic E-state index is 0. The summed E-state index contributed by atoms with van der Waals surface area (Å²) < 4.78 is 37.8. The molecule has 3 aromatic rings. The fraction of sp³-hybridized carbons (Fsp3) is 0.0952. The zero-order valence-corrected chi connectivity index (χ0v) is 18.4. The van der Waals surface area contributed by atoms with Crippen LogP contribution in [0.2, 0.25) is 0 Å². The van der Waals surface area contributed by atoms with E-state index in [2.05, 4.69) is 20.0 Å². The molecule has 11 heteroatoms. The van der Waals surface area contributed by atoms with Gasteiger partial charge in [0, 0.05) is 23.7 Å². The molecule has 166 valence electrons. The Labute approximate surface area is 191 Å². The highest BCUT2D eigenvalue weighted by atomic mass is 35.5. The van der Waals surface area contributed by atoms with Crippen LogP contribution in [-0.4, -0.2) is 31.1 Å². The quantitative estimate of drug-likeness (QED) is 0.525. The summed E-state index contributed by atoms with van der Waals surface area (Å²) in [6.45, 7) is 1.92. The highest BCUT2D eigenvalue weighted by Crippen LogP contribution is 2.32. The number of ether oxygens (including phenoxy) is 2. The Kier molecular flexibility index (Phi) is 6.96. The fourth-order valence-electron chi connectivity index (χ4n) is 2.77. The number of nitrogens with zero attached hydrogens (tertiary/aromatic N) is 2. The molecule has 1 aliphatic heterocycles. The molecule has 0 aliphatic carbocycles. The predicted octanol–water partition coefficient (Wildman–Crippen LogP) is 3.39. The predicted molar refractivity (Wildman–Crippen MR) is 121 cm³/mol. The summed E-state index contributed by atoms with van der Waals surface area (Å²) in [5.41, 5.74) is 1.87. The SMILES string of the molecule is Cc1ccnc(NS(=O)(=O)c2ccc(NC(=O)C=Cc3ccc4c(c3)OCO4)cc2)n1.Cl. The number of fused-ring (bicyclic) bond motifs is 1. The average molecular weight is 475 g/mol. The lowest BCUT2D eigenvalue weighted by molar-refractivity contribution is -0.111. The van der Waals surface area contributed by atoms with Gasteiger partial charge in [0.15, 0.2) is 11.5 Å². The van der Waals surface area contributed by atoms with Crippen molar-refractivity contribution in [2.75, 3.05) is 16.8 Å². The standard InChI is InChI=1S/C21H18N4O5S.ClH/c1-14-10-11-22-21(23-14)25-31(27,28)17-6-4-16(5-7-17)24-20(26)9-3-15-2-8-18-19(12-15)30-13-29-18;/h2-12H,13H2,1H3,(H,24,26)(H,22,23,25);1H. The zero-order valence-electron chi connectivity index (χ0n) is 16.8. The second-order valence-electron chi connectivity index (χ2n) is 6.59. The molecule has 0 unspecified atom stereocenters. The third-order valence-electron chi connectivity index (χ3n) is 4.28. The van der Waals surface area contributed by atoms with Crippen molar-refractivity contribution in [3.63, 3.8) is 0 Å². The van der Waals surface area contributed by atoms with Gasteiger partial charge in [-0.25, -0.2) is 23.1 Å². The van der Waals surface area contributed by atoms with Gasteiger partial charge in [-0.2, -0.15) is 0 Å². The summed E-state index contributed by atoms with van der Waals surface area (Å²) in [5, 5.41) is 2.68. The molecule has 0 fully saturated rings. The minimum atomic E-state index is -3.85. The largest absolute Gasteiger partial charge is 0.454 e. The van der Waals surface area contributed by atoms with Crippen LogP contribution in [0, 0.1) is 6.92 Å². The van der Waals surface area contributed by atoms with E-state index in [-0.39, 0.29) is 36.0 Å². The first-order valence-electron chi connectivity index (χ1n) is 9.20. The highest BCUT2D eigenvalue weighted by molar-refractivity contribution is 7.92. The van der Waals surface area contributed by atoms with Gasteiger partial charge in [-0.3, -0.25) is 4.79 Å².